The van der Waals surface area contributed by atoms with Crippen LogP contribution in [0, 0.1) is 3.01 Å². The van der Waals surface area contributed by atoms with E-state index in [4.69, 9.17) is 0 Å². The molecule has 0 amide bonds. The first-order valence-corrected chi connectivity index (χ1v) is 6.86. The molecule has 8 heteroatoms. The number of ether oxygens (including phenoxy) is 1. The number of hydrogen-bond donors (Lipinski definition) is 0. The van der Waals surface area contributed by atoms with Crippen molar-refractivity contribution in [3.8, 4) is 16.3 Å². The van der Waals surface area contributed by atoms with Gasteiger partial charge in [0.1, 0.15) is 5.69 Å². The van der Waals surface area contributed by atoms with Gasteiger partial charge in [0.25, 0.3) is 0 Å². The highest BCUT2D eigenvalue weighted by Crippen LogP contribution is 2.39. The average molecular weight is 403 g/mol. The third-order valence-corrected chi connectivity index (χ3v) is 3.72. The Kier molecular flexibility index (Phi) is 4.29. The summed E-state index contributed by atoms with van der Waals surface area (Å²) in [5.41, 5.74) is 0.664. The highest BCUT2D eigenvalue weighted by atomic mass is 127. The number of thiazole rings is 1. The average Bonchev–Trinajstić information content (AvgIpc) is 2.70. The van der Waals surface area contributed by atoms with Crippen molar-refractivity contribution in [3.05, 3.63) is 33.3 Å². The third kappa shape index (κ3) is 3.35. The van der Waals surface area contributed by atoms with Gasteiger partial charge in [-0.3, -0.25) is 0 Å². The van der Waals surface area contributed by atoms with E-state index in [9.17, 15) is 17.6 Å². The molecule has 0 spiro atoms. The third-order valence-electron chi connectivity index (χ3n) is 2.10. The molecule has 19 heavy (non-hydrogen) atoms. The summed E-state index contributed by atoms with van der Waals surface area (Å²) in [5.74, 6) is 0. The number of alkyl halides is 4. The zero-order chi connectivity index (χ0) is 14.0. The van der Waals surface area contributed by atoms with Gasteiger partial charge in [-0.1, -0.05) is 41.7 Å². The summed E-state index contributed by atoms with van der Waals surface area (Å²) in [7, 11) is 0. The van der Waals surface area contributed by atoms with Crippen LogP contribution in [0.5, 0.6) is 5.06 Å². The van der Waals surface area contributed by atoms with Crippen molar-refractivity contribution < 1.29 is 22.3 Å². The van der Waals surface area contributed by atoms with Gasteiger partial charge in [-0.25, -0.2) is 4.98 Å². The van der Waals surface area contributed by atoms with E-state index >= 15 is 0 Å². The number of rotatable bonds is 4. The van der Waals surface area contributed by atoms with Crippen LogP contribution in [0.2, 0.25) is 0 Å². The quantitative estimate of drug-likeness (QED) is 0.548. The van der Waals surface area contributed by atoms with E-state index in [1.54, 1.807) is 30.3 Å². The molecule has 1 aromatic carbocycles. The van der Waals surface area contributed by atoms with Crippen LogP contribution in [-0.4, -0.2) is 17.5 Å². The Bertz CT molecular complexity index is 561. The van der Waals surface area contributed by atoms with Gasteiger partial charge in [-0.2, -0.15) is 17.6 Å². The van der Waals surface area contributed by atoms with Gasteiger partial charge in [-0.05, 0) is 22.6 Å². The van der Waals surface area contributed by atoms with Crippen LogP contribution in [0.4, 0.5) is 17.6 Å². The summed E-state index contributed by atoms with van der Waals surface area (Å²) in [6.45, 7) is 0. The summed E-state index contributed by atoms with van der Waals surface area (Å²) < 4.78 is 54.7. The maximum Gasteiger partial charge on any atom is 0.461 e. The van der Waals surface area contributed by atoms with Crippen LogP contribution in [-0.2, 0) is 0 Å². The number of nitrogens with zero attached hydrogens (tertiary/aromatic N) is 1. The minimum absolute atomic E-state index is 0.135. The lowest BCUT2D eigenvalue weighted by molar-refractivity contribution is -0.251. The van der Waals surface area contributed by atoms with Crippen molar-refractivity contribution in [2.75, 3.05) is 0 Å². The molecule has 0 radical (unpaired) electrons. The van der Waals surface area contributed by atoms with Gasteiger partial charge < -0.3 is 4.74 Å². The van der Waals surface area contributed by atoms with Crippen molar-refractivity contribution in [2.45, 2.75) is 12.5 Å². The van der Waals surface area contributed by atoms with Crippen LogP contribution >= 0.6 is 33.9 Å². The Balaban J connectivity index is 2.37. The first kappa shape index (κ1) is 14.5. The predicted molar refractivity (Wildman–Crippen MR) is 71.8 cm³/mol. The standard InChI is InChI=1S/C11H6F4INOS/c12-9(13)11(14,15)18-8-7(17-10(16)19-8)6-4-2-1-3-5-6/h1-5,9H. The Hall–Kier alpha value is -0.900. The Labute approximate surface area is 123 Å². The van der Waals surface area contributed by atoms with Gasteiger partial charge in [0.05, 0.1) is 0 Å². The molecule has 0 N–H and O–H groups in total. The van der Waals surface area contributed by atoms with Gasteiger partial charge in [-0.15, -0.1) is 0 Å². The van der Waals surface area contributed by atoms with Crippen LogP contribution in [0.25, 0.3) is 11.3 Å². The monoisotopic (exact) mass is 403 g/mol. The molecule has 0 fully saturated rings. The van der Waals surface area contributed by atoms with Crippen LogP contribution in [0.1, 0.15) is 0 Å². The molecule has 1 heterocycles. The van der Waals surface area contributed by atoms with E-state index in [0.717, 1.165) is 11.3 Å². The van der Waals surface area contributed by atoms with E-state index in [1.807, 2.05) is 22.6 Å². The fraction of sp³-hybridized carbons (Fsp3) is 0.182. The van der Waals surface area contributed by atoms with Crippen molar-refractivity contribution >= 4 is 33.9 Å². The SMILES string of the molecule is FC(F)C(F)(F)Oc1sc(I)nc1-c1ccccc1. The van der Waals surface area contributed by atoms with Crippen LogP contribution in [0.15, 0.2) is 30.3 Å². The second-order valence-electron chi connectivity index (χ2n) is 3.43. The van der Waals surface area contributed by atoms with E-state index in [-0.39, 0.29) is 10.8 Å². The smallest absolute Gasteiger partial charge is 0.416 e. The number of aromatic nitrogens is 1. The Morgan fingerprint density at radius 2 is 1.84 bits per heavy atom. The van der Waals surface area contributed by atoms with E-state index in [1.165, 1.54) is 0 Å². The van der Waals surface area contributed by atoms with Gasteiger partial charge in [0.15, 0.2) is 3.01 Å². The first-order valence-electron chi connectivity index (χ1n) is 4.97. The lowest BCUT2D eigenvalue weighted by Crippen LogP contribution is -2.33. The highest BCUT2D eigenvalue weighted by molar-refractivity contribution is 14.1. The van der Waals surface area contributed by atoms with Gasteiger partial charge in [0.2, 0.25) is 5.06 Å². The number of hydrogen-bond acceptors (Lipinski definition) is 3. The molecule has 0 unspecified atom stereocenters. The van der Waals surface area contributed by atoms with Crippen molar-refractivity contribution in [2.24, 2.45) is 0 Å². The first-order chi connectivity index (χ1) is 8.90. The van der Waals surface area contributed by atoms with Crippen molar-refractivity contribution in [1.29, 1.82) is 0 Å². The molecule has 0 aliphatic carbocycles. The second kappa shape index (κ2) is 5.61. The molecule has 0 atom stereocenters. The van der Waals surface area contributed by atoms with Crippen molar-refractivity contribution in [3.63, 3.8) is 0 Å². The predicted octanol–water partition coefficient (Wildman–Crippen LogP) is 4.65. The van der Waals surface area contributed by atoms with E-state index in [0.29, 0.717) is 8.58 Å². The number of benzene rings is 1. The molecule has 1 aromatic heterocycles. The van der Waals surface area contributed by atoms with Crippen molar-refractivity contribution in [1.82, 2.24) is 4.98 Å². The molecular formula is C11H6F4INOS. The molecule has 0 saturated heterocycles. The molecule has 0 bridgehead atoms. The maximum atomic E-state index is 12.9. The fourth-order valence-electron chi connectivity index (χ4n) is 1.30. The topological polar surface area (TPSA) is 22.1 Å². The minimum Gasteiger partial charge on any atom is -0.416 e. The Morgan fingerprint density at radius 3 is 2.42 bits per heavy atom. The van der Waals surface area contributed by atoms with E-state index in [2.05, 4.69) is 9.72 Å². The molecule has 0 aliphatic rings. The lowest BCUT2D eigenvalue weighted by Gasteiger charge is -2.15. The normalized spacial score (nSPS) is 11.9. The van der Waals surface area contributed by atoms with Gasteiger partial charge in [0, 0.05) is 5.56 Å². The summed E-state index contributed by atoms with van der Waals surface area (Å²) in [5, 5.41) is -0.319. The Morgan fingerprint density at radius 1 is 1.21 bits per heavy atom. The summed E-state index contributed by atoms with van der Waals surface area (Å²) in [4.78, 5) is 4.03. The highest BCUT2D eigenvalue weighted by Gasteiger charge is 2.45. The zero-order valence-electron chi connectivity index (χ0n) is 9.12. The molecule has 102 valence electrons. The molecule has 2 nitrogen and oxygen atoms in total. The zero-order valence-corrected chi connectivity index (χ0v) is 12.1. The molecular weight excluding hydrogens is 397 g/mol. The fourth-order valence-corrected chi connectivity index (χ4v) is 2.84. The summed E-state index contributed by atoms with van der Waals surface area (Å²) in [6, 6.07) is 8.40. The van der Waals surface area contributed by atoms with Crippen LogP contribution in [0.3, 0.4) is 0 Å². The summed E-state index contributed by atoms with van der Waals surface area (Å²) in [6.07, 6.45) is -8.42. The number of halogens is 5. The molecule has 0 saturated carbocycles. The maximum absolute atomic E-state index is 12.9. The largest absolute Gasteiger partial charge is 0.461 e. The van der Waals surface area contributed by atoms with E-state index < -0.39 is 12.5 Å². The molecule has 0 aliphatic heterocycles. The lowest BCUT2D eigenvalue weighted by atomic mass is 10.2. The van der Waals surface area contributed by atoms with Gasteiger partial charge >= 0.3 is 12.5 Å². The molecule has 2 aromatic rings. The summed E-state index contributed by atoms with van der Waals surface area (Å²) >= 11 is 2.61. The second-order valence-corrected chi connectivity index (χ2v) is 6.15. The minimum atomic E-state index is -4.53. The molecule has 2 rings (SSSR count). The van der Waals surface area contributed by atoms with Crippen LogP contribution < -0.4 is 4.74 Å².